The average molecular weight is 448 g/mol. The number of likely N-dealkylation sites (tertiary alicyclic amines) is 1. The standard InChI is InChI=1S/C26H41NO3S/c1-25(2,3)20-14-19(15-21(16-20)26(4,5)6)12-13-24(28)27-17-23(18-27)31(29,30)22-10-8-7-9-11-22/h14-16,22-23H,7-13,17-18H2,1-6H3. The van der Waals surface area contributed by atoms with Crippen LogP contribution in [0.4, 0.5) is 0 Å². The summed E-state index contributed by atoms with van der Waals surface area (Å²) in [6, 6.07) is 6.76. The van der Waals surface area contributed by atoms with Gasteiger partial charge in [0.25, 0.3) is 0 Å². The second-order valence-electron chi connectivity index (χ2n) is 11.7. The summed E-state index contributed by atoms with van der Waals surface area (Å²) < 4.78 is 25.7. The summed E-state index contributed by atoms with van der Waals surface area (Å²) in [6.45, 7) is 14.1. The zero-order valence-electron chi connectivity index (χ0n) is 20.3. The van der Waals surface area contributed by atoms with Crippen LogP contribution in [0.1, 0.15) is 96.8 Å². The van der Waals surface area contributed by atoms with E-state index in [0.717, 1.165) is 32.1 Å². The molecule has 1 aliphatic carbocycles. The smallest absolute Gasteiger partial charge is 0.222 e. The van der Waals surface area contributed by atoms with Crippen molar-refractivity contribution < 1.29 is 13.2 Å². The van der Waals surface area contributed by atoms with Crippen molar-refractivity contribution in [2.45, 2.75) is 108 Å². The third-order valence-corrected chi connectivity index (χ3v) is 9.66. The van der Waals surface area contributed by atoms with E-state index < -0.39 is 9.84 Å². The van der Waals surface area contributed by atoms with Crippen LogP contribution in [0.3, 0.4) is 0 Å². The third-order valence-electron chi connectivity index (χ3n) is 7.03. The summed E-state index contributed by atoms with van der Waals surface area (Å²) in [5, 5.41) is -0.532. The zero-order chi connectivity index (χ0) is 23.0. The Balaban J connectivity index is 1.60. The highest BCUT2D eigenvalue weighted by molar-refractivity contribution is 7.92. The molecule has 1 saturated heterocycles. The van der Waals surface area contributed by atoms with Crippen LogP contribution in [0.15, 0.2) is 18.2 Å². The van der Waals surface area contributed by atoms with Gasteiger partial charge in [-0.1, -0.05) is 79.0 Å². The number of hydrogen-bond donors (Lipinski definition) is 0. The Labute approximate surface area is 189 Å². The fraction of sp³-hybridized carbons (Fsp3) is 0.731. The van der Waals surface area contributed by atoms with Gasteiger partial charge < -0.3 is 4.90 Å². The van der Waals surface area contributed by atoms with Gasteiger partial charge >= 0.3 is 0 Å². The van der Waals surface area contributed by atoms with Crippen LogP contribution in [0.5, 0.6) is 0 Å². The molecule has 0 N–H and O–H groups in total. The molecule has 174 valence electrons. The van der Waals surface area contributed by atoms with E-state index in [1.807, 2.05) is 0 Å². The molecular formula is C26H41NO3S. The zero-order valence-corrected chi connectivity index (χ0v) is 21.1. The van der Waals surface area contributed by atoms with Gasteiger partial charge in [0.05, 0.1) is 10.5 Å². The van der Waals surface area contributed by atoms with Crippen LogP contribution in [0, 0.1) is 0 Å². The highest BCUT2D eigenvalue weighted by Gasteiger charge is 2.43. The van der Waals surface area contributed by atoms with Crippen LogP contribution < -0.4 is 0 Å². The number of aryl methyl sites for hydroxylation is 1. The number of carbonyl (C=O) groups excluding carboxylic acids is 1. The van der Waals surface area contributed by atoms with Gasteiger partial charge in [0.1, 0.15) is 0 Å². The SMILES string of the molecule is CC(C)(C)c1cc(CCC(=O)N2CC(S(=O)(=O)C3CCCCC3)C2)cc(C(C)(C)C)c1. The lowest BCUT2D eigenvalue weighted by Crippen LogP contribution is -2.58. The lowest BCUT2D eigenvalue weighted by atomic mass is 9.79. The molecule has 31 heavy (non-hydrogen) atoms. The molecule has 0 unspecified atom stereocenters. The molecule has 0 spiro atoms. The van der Waals surface area contributed by atoms with E-state index in [1.165, 1.54) is 16.7 Å². The Morgan fingerprint density at radius 3 is 1.87 bits per heavy atom. The van der Waals surface area contributed by atoms with Crippen molar-refractivity contribution in [1.82, 2.24) is 4.90 Å². The maximum atomic E-state index is 12.8. The quantitative estimate of drug-likeness (QED) is 0.625. The van der Waals surface area contributed by atoms with Crippen LogP contribution in [0.2, 0.25) is 0 Å². The molecule has 2 fully saturated rings. The third kappa shape index (κ3) is 5.71. The van der Waals surface area contributed by atoms with Crippen molar-refractivity contribution >= 4 is 15.7 Å². The van der Waals surface area contributed by atoms with Gasteiger partial charge in [-0.05, 0) is 46.8 Å². The van der Waals surface area contributed by atoms with Crippen molar-refractivity contribution in [2.75, 3.05) is 13.1 Å². The normalized spacial score (nSPS) is 19.4. The van der Waals surface area contributed by atoms with E-state index >= 15 is 0 Å². The first-order valence-corrected chi connectivity index (χ1v) is 13.5. The first kappa shape index (κ1) is 24.3. The Hall–Kier alpha value is -1.36. The number of hydrogen-bond acceptors (Lipinski definition) is 3. The Morgan fingerprint density at radius 2 is 1.39 bits per heavy atom. The van der Waals surface area contributed by atoms with Crippen LogP contribution in [-0.2, 0) is 31.9 Å². The highest BCUT2D eigenvalue weighted by Crippen LogP contribution is 2.32. The second-order valence-corrected chi connectivity index (χ2v) is 14.2. The number of rotatable bonds is 5. The summed E-state index contributed by atoms with van der Waals surface area (Å²) in [5.74, 6) is 0.0774. The fourth-order valence-corrected chi connectivity index (χ4v) is 6.94. The largest absolute Gasteiger partial charge is 0.340 e. The highest BCUT2D eigenvalue weighted by atomic mass is 32.2. The molecular weight excluding hydrogens is 406 g/mol. The predicted molar refractivity (Wildman–Crippen MR) is 128 cm³/mol. The van der Waals surface area contributed by atoms with Gasteiger partial charge in [-0.3, -0.25) is 4.79 Å². The molecule has 0 atom stereocenters. The Morgan fingerprint density at radius 1 is 0.871 bits per heavy atom. The van der Waals surface area contributed by atoms with Gasteiger partial charge in [0.2, 0.25) is 5.91 Å². The summed E-state index contributed by atoms with van der Waals surface area (Å²) in [6.07, 6.45) is 5.91. The molecule has 0 aromatic heterocycles. The molecule has 2 aliphatic rings. The number of nitrogens with zero attached hydrogens (tertiary/aromatic N) is 1. The Bertz CT molecular complexity index is 861. The number of sulfone groups is 1. The molecule has 1 saturated carbocycles. The molecule has 0 bridgehead atoms. The summed E-state index contributed by atoms with van der Waals surface area (Å²) in [5.41, 5.74) is 3.89. The summed E-state index contributed by atoms with van der Waals surface area (Å²) >= 11 is 0. The minimum atomic E-state index is -3.10. The lowest BCUT2D eigenvalue weighted by molar-refractivity contribution is -0.134. The number of amides is 1. The maximum Gasteiger partial charge on any atom is 0.222 e. The molecule has 1 aliphatic heterocycles. The van der Waals surface area contributed by atoms with E-state index in [4.69, 9.17) is 0 Å². The van der Waals surface area contributed by atoms with Crippen LogP contribution in [0.25, 0.3) is 0 Å². The predicted octanol–water partition coefficient (Wildman–Crippen LogP) is 5.17. The maximum absolute atomic E-state index is 12.8. The first-order chi connectivity index (χ1) is 14.3. The molecule has 4 nitrogen and oxygen atoms in total. The van der Waals surface area contributed by atoms with Gasteiger partial charge in [0, 0.05) is 19.5 Å². The van der Waals surface area contributed by atoms with Crippen molar-refractivity contribution in [2.24, 2.45) is 0 Å². The van der Waals surface area contributed by atoms with Gasteiger partial charge in [-0.15, -0.1) is 0 Å². The van der Waals surface area contributed by atoms with Crippen molar-refractivity contribution in [1.29, 1.82) is 0 Å². The fourth-order valence-electron chi connectivity index (χ4n) is 4.63. The van der Waals surface area contributed by atoms with E-state index in [1.54, 1.807) is 4.90 Å². The molecule has 1 heterocycles. The van der Waals surface area contributed by atoms with E-state index in [0.29, 0.717) is 25.9 Å². The minimum absolute atomic E-state index is 0.0538. The van der Waals surface area contributed by atoms with Crippen LogP contribution in [-0.4, -0.2) is 42.8 Å². The summed E-state index contributed by atoms with van der Waals surface area (Å²) in [4.78, 5) is 14.5. The summed E-state index contributed by atoms with van der Waals surface area (Å²) in [7, 11) is -3.10. The van der Waals surface area contributed by atoms with Crippen molar-refractivity contribution in [3.05, 3.63) is 34.9 Å². The van der Waals surface area contributed by atoms with Gasteiger partial charge in [0.15, 0.2) is 9.84 Å². The topological polar surface area (TPSA) is 54.5 Å². The Kier molecular flexibility index (Phi) is 6.96. The average Bonchev–Trinajstić information content (AvgIpc) is 2.64. The number of benzene rings is 1. The second kappa shape index (κ2) is 8.88. The number of carbonyl (C=O) groups is 1. The van der Waals surface area contributed by atoms with E-state index in [9.17, 15) is 13.2 Å². The van der Waals surface area contributed by atoms with E-state index in [-0.39, 0.29) is 27.2 Å². The molecule has 1 aromatic rings. The first-order valence-electron chi connectivity index (χ1n) is 11.9. The molecule has 3 rings (SSSR count). The molecule has 0 radical (unpaired) electrons. The molecule has 5 heteroatoms. The molecule has 1 amide bonds. The lowest BCUT2D eigenvalue weighted by Gasteiger charge is -2.41. The van der Waals surface area contributed by atoms with Crippen molar-refractivity contribution in [3.8, 4) is 0 Å². The van der Waals surface area contributed by atoms with Crippen LogP contribution >= 0.6 is 0 Å². The molecule has 1 aromatic carbocycles. The van der Waals surface area contributed by atoms with E-state index in [2.05, 4.69) is 59.7 Å². The minimum Gasteiger partial charge on any atom is -0.340 e. The monoisotopic (exact) mass is 447 g/mol. The van der Waals surface area contributed by atoms with Gasteiger partial charge in [-0.2, -0.15) is 0 Å². The van der Waals surface area contributed by atoms with Crippen molar-refractivity contribution in [3.63, 3.8) is 0 Å². The van der Waals surface area contributed by atoms with Gasteiger partial charge in [-0.25, -0.2) is 8.42 Å².